The monoisotopic (exact) mass is 377 g/mol. The number of anilines is 1. The van der Waals surface area contributed by atoms with Crippen molar-refractivity contribution in [2.45, 2.75) is 26.2 Å². The van der Waals surface area contributed by atoms with Crippen LogP contribution in [0.25, 0.3) is 0 Å². The molecule has 2 fully saturated rings. The molecule has 0 aliphatic carbocycles. The van der Waals surface area contributed by atoms with Crippen molar-refractivity contribution in [1.29, 1.82) is 0 Å². The van der Waals surface area contributed by atoms with Crippen molar-refractivity contribution in [3.05, 3.63) is 65.2 Å². The molecule has 0 bridgehead atoms. The van der Waals surface area contributed by atoms with Crippen LogP contribution in [0.2, 0.25) is 0 Å². The minimum Gasteiger partial charge on any atom is -0.368 e. The first-order chi connectivity index (χ1) is 13.6. The number of hydrogen-bond acceptors (Lipinski definition) is 3. The Labute approximate surface area is 168 Å². The maximum Gasteiger partial charge on any atom is 0.227 e. The maximum absolute atomic E-state index is 13.4. The highest BCUT2D eigenvalue weighted by molar-refractivity contribution is 5.80. The van der Waals surface area contributed by atoms with Crippen LogP contribution in [-0.4, -0.2) is 50.1 Å². The van der Waals surface area contributed by atoms with E-state index in [9.17, 15) is 4.79 Å². The largest absolute Gasteiger partial charge is 0.368 e. The normalized spacial score (nSPS) is 22.9. The molecule has 148 valence electrons. The van der Waals surface area contributed by atoms with E-state index >= 15 is 0 Å². The number of hydrogen-bond donors (Lipinski definition) is 1. The molecule has 4 heteroatoms. The topological polar surface area (TPSA) is 35.6 Å². The summed E-state index contributed by atoms with van der Waals surface area (Å²) >= 11 is 0. The van der Waals surface area contributed by atoms with Gasteiger partial charge in [0.15, 0.2) is 0 Å². The fourth-order valence-corrected chi connectivity index (χ4v) is 4.68. The first kappa shape index (κ1) is 19.0. The van der Waals surface area contributed by atoms with E-state index in [0.29, 0.717) is 11.8 Å². The second-order valence-corrected chi connectivity index (χ2v) is 8.22. The van der Waals surface area contributed by atoms with Crippen molar-refractivity contribution >= 4 is 11.6 Å². The Hall–Kier alpha value is -2.33. The summed E-state index contributed by atoms with van der Waals surface area (Å²) in [7, 11) is 0. The molecule has 2 aromatic rings. The summed E-state index contributed by atoms with van der Waals surface area (Å²) in [4.78, 5) is 17.9. The molecule has 2 heterocycles. The second-order valence-electron chi connectivity index (χ2n) is 8.22. The zero-order valence-electron chi connectivity index (χ0n) is 17.0. The number of nitrogens with zero attached hydrogens (tertiary/aromatic N) is 2. The van der Waals surface area contributed by atoms with Crippen LogP contribution in [0.4, 0.5) is 5.69 Å². The minimum absolute atomic E-state index is 0.0448. The van der Waals surface area contributed by atoms with Crippen molar-refractivity contribution in [3.8, 4) is 0 Å². The van der Waals surface area contributed by atoms with Gasteiger partial charge in [0.2, 0.25) is 5.91 Å². The van der Waals surface area contributed by atoms with Gasteiger partial charge in [0.1, 0.15) is 0 Å². The molecular weight excluding hydrogens is 346 g/mol. The second kappa shape index (κ2) is 8.36. The Morgan fingerprint density at radius 2 is 1.75 bits per heavy atom. The van der Waals surface area contributed by atoms with Gasteiger partial charge in [-0.05, 0) is 55.5 Å². The number of carbonyl (C=O) groups excluding carboxylic acids is 1. The lowest BCUT2D eigenvalue weighted by Crippen LogP contribution is -2.53. The molecule has 4 rings (SSSR count). The molecule has 2 aliphatic heterocycles. The van der Waals surface area contributed by atoms with Crippen LogP contribution in [0.15, 0.2) is 48.5 Å². The Morgan fingerprint density at radius 1 is 1.00 bits per heavy atom. The van der Waals surface area contributed by atoms with Gasteiger partial charge in [-0.1, -0.05) is 42.5 Å². The van der Waals surface area contributed by atoms with Crippen LogP contribution in [0, 0.1) is 19.8 Å². The Bertz CT molecular complexity index is 812. The molecule has 2 aromatic carbocycles. The number of aryl methyl sites for hydroxylation is 2. The van der Waals surface area contributed by atoms with Gasteiger partial charge in [0.05, 0.1) is 5.92 Å². The van der Waals surface area contributed by atoms with Gasteiger partial charge >= 0.3 is 0 Å². The first-order valence-electron chi connectivity index (χ1n) is 10.5. The van der Waals surface area contributed by atoms with E-state index in [1.807, 2.05) is 6.07 Å². The van der Waals surface area contributed by atoms with Gasteiger partial charge in [-0.3, -0.25) is 4.79 Å². The molecule has 2 saturated heterocycles. The van der Waals surface area contributed by atoms with E-state index < -0.39 is 0 Å². The number of benzene rings is 2. The average Bonchev–Trinajstić information content (AvgIpc) is 2.76. The molecule has 0 aromatic heterocycles. The highest BCUT2D eigenvalue weighted by atomic mass is 16.2. The lowest BCUT2D eigenvalue weighted by Gasteiger charge is -2.40. The molecule has 2 unspecified atom stereocenters. The summed E-state index contributed by atoms with van der Waals surface area (Å²) in [6.07, 6.45) is 1.03. The number of nitrogens with one attached hydrogen (secondary N) is 1. The molecule has 1 N–H and O–H groups in total. The Morgan fingerprint density at radius 3 is 2.50 bits per heavy atom. The number of amides is 1. The minimum atomic E-state index is 0.0448. The van der Waals surface area contributed by atoms with Gasteiger partial charge in [-0.25, -0.2) is 0 Å². The van der Waals surface area contributed by atoms with E-state index in [0.717, 1.165) is 45.7 Å². The van der Waals surface area contributed by atoms with Crippen LogP contribution < -0.4 is 10.2 Å². The molecule has 2 atom stereocenters. The van der Waals surface area contributed by atoms with E-state index in [1.54, 1.807) is 0 Å². The van der Waals surface area contributed by atoms with Crippen LogP contribution in [0.1, 0.15) is 29.0 Å². The number of piperazine rings is 1. The predicted octanol–water partition coefficient (Wildman–Crippen LogP) is 3.35. The van der Waals surface area contributed by atoms with Crippen LogP contribution in [-0.2, 0) is 4.79 Å². The van der Waals surface area contributed by atoms with Gasteiger partial charge in [-0.2, -0.15) is 0 Å². The summed E-state index contributed by atoms with van der Waals surface area (Å²) < 4.78 is 0. The third-order valence-electron chi connectivity index (χ3n) is 6.32. The summed E-state index contributed by atoms with van der Waals surface area (Å²) in [5, 5.41) is 3.44. The average molecular weight is 378 g/mol. The summed E-state index contributed by atoms with van der Waals surface area (Å²) in [5.74, 6) is 0.692. The number of piperidine rings is 1. The van der Waals surface area contributed by atoms with E-state index in [2.05, 4.69) is 71.4 Å². The number of rotatable bonds is 3. The van der Waals surface area contributed by atoms with E-state index in [-0.39, 0.29) is 5.92 Å². The lowest BCUT2D eigenvalue weighted by molar-refractivity contribution is -0.137. The lowest BCUT2D eigenvalue weighted by atomic mass is 9.80. The predicted molar refractivity (Wildman–Crippen MR) is 115 cm³/mol. The molecule has 1 amide bonds. The highest BCUT2D eigenvalue weighted by Gasteiger charge is 2.35. The maximum atomic E-state index is 13.4. The smallest absolute Gasteiger partial charge is 0.227 e. The van der Waals surface area contributed by atoms with Crippen molar-refractivity contribution < 1.29 is 4.79 Å². The fraction of sp³-hybridized carbons (Fsp3) is 0.458. The third kappa shape index (κ3) is 3.93. The van der Waals surface area contributed by atoms with Crippen molar-refractivity contribution in [3.63, 3.8) is 0 Å². The fourth-order valence-electron chi connectivity index (χ4n) is 4.68. The molecule has 28 heavy (non-hydrogen) atoms. The standard InChI is InChI=1S/C24H31N3O/c1-18-8-9-19(2)23(16-18)26-12-14-27(15-13-26)24(28)22-17-25-11-10-21(22)20-6-4-3-5-7-20/h3-9,16,21-22,25H,10-15,17H2,1-2H3. The van der Waals surface area contributed by atoms with Crippen LogP contribution in [0.3, 0.4) is 0 Å². The molecule has 0 spiro atoms. The summed E-state index contributed by atoms with van der Waals surface area (Å²) in [6, 6.07) is 17.2. The SMILES string of the molecule is Cc1ccc(C)c(N2CCN(C(=O)C3CNCCC3c3ccccc3)CC2)c1. The van der Waals surface area contributed by atoms with Gasteiger partial charge < -0.3 is 15.1 Å². The molecule has 0 radical (unpaired) electrons. The Kier molecular flexibility index (Phi) is 5.67. The van der Waals surface area contributed by atoms with Gasteiger partial charge in [0.25, 0.3) is 0 Å². The quantitative estimate of drug-likeness (QED) is 0.891. The summed E-state index contributed by atoms with van der Waals surface area (Å²) in [5.41, 5.74) is 5.22. The van der Waals surface area contributed by atoms with Crippen molar-refractivity contribution in [2.75, 3.05) is 44.2 Å². The van der Waals surface area contributed by atoms with E-state index in [4.69, 9.17) is 0 Å². The van der Waals surface area contributed by atoms with Crippen LogP contribution in [0.5, 0.6) is 0 Å². The molecule has 4 nitrogen and oxygen atoms in total. The zero-order valence-corrected chi connectivity index (χ0v) is 17.0. The van der Waals surface area contributed by atoms with Gasteiger partial charge in [0, 0.05) is 38.4 Å². The first-order valence-corrected chi connectivity index (χ1v) is 10.5. The van der Waals surface area contributed by atoms with Crippen molar-refractivity contribution in [2.24, 2.45) is 5.92 Å². The molecule has 0 saturated carbocycles. The summed E-state index contributed by atoms with van der Waals surface area (Å²) in [6.45, 7) is 9.53. The van der Waals surface area contributed by atoms with Gasteiger partial charge in [-0.15, -0.1) is 0 Å². The molecule has 2 aliphatic rings. The van der Waals surface area contributed by atoms with Crippen LogP contribution >= 0.6 is 0 Å². The third-order valence-corrected chi connectivity index (χ3v) is 6.32. The molecular formula is C24H31N3O. The van der Waals surface area contributed by atoms with E-state index in [1.165, 1.54) is 22.4 Å². The number of carbonyl (C=O) groups is 1. The Balaban J connectivity index is 1.43. The van der Waals surface area contributed by atoms with Crippen molar-refractivity contribution in [1.82, 2.24) is 10.2 Å². The zero-order chi connectivity index (χ0) is 19.5. The highest BCUT2D eigenvalue weighted by Crippen LogP contribution is 2.32.